The molecule has 0 unspecified atom stereocenters. The van der Waals surface area contributed by atoms with Crippen LogP contribution in [0.4, 0.5) is 10.1 Å². The highest BCUT2D eigenvalue weighted by Gasteiger charge is 2.29. The van der Waals surface area contributed by atoms with E-state index >= 15 is 0 Å². The van der Waals surface area contributed by atoms with Crippen LogP contribution < -0.4 is 5.32 Å². The second kappa shape index (κ2) is 11.0. The molecule has 0 bridgehead atoms. The molecule has 0 radical (unpaired) electrons. The Morgan fingerprint density at radius 3 is 2.60 bits per heavy atom. The Balaban J connectivity index is 1.67. The number of nitrogens with one attached hydrogen (secondary N) is 1. The van der Waals surface area contributed by atoms with E-state index in [0.717, 1.165) is 18.4 Å². The van der Waals surface area contributed by atoms with Crippen LogP contribution >= 0.6 is 0 Å². The zero-order chi connectivity index (χ0) is 24.9. The predicted molar refractivity (Wildman–Crippen MR) is 131 cm³/mol. The molecular formula is C26H31FN4O4. The number of halogens is 1. The van der Waals surface area contributed by atoms with Gasteiger partial charge in [-0.15, -0.1) is 0 Å². The van der Waals surface area contributed by atoms with Gasteiger partial charge in [0.25, 0.3) is 5.91 Å². The third-order valence-corrected chi connectivity index (χ3v) is 6.56. The number of methoxy groups -OCH3 is 1. The molecule has 4 rings (SSSR count). The summed E-state index contributed by atoms with van der Waals surface area (Å²) in [7, 11) is 1.44. The van der Waals surface area contributed by atoms with Crippen molar-refractivity contribution in [1.29, 1.82) is 0 Å². The molecule has 1 atom stereocenters. The van der Waals surface area contributed by atoms with Crippen LogP contribution in [0.3, 0.4) is 0 Å². The number of nitrogens with zero attached hydrogens (tertiary/aromatic N) is 3. The predicted octanol–water partition coefficient (Wildman–Crippen LogP) is 3.43. The van der Waals surface area contributed by atoms with Gasteiger partial charge in [-0.3, -0.25) is 9.59 Å². The van der Waals surface area contributed by atoms with Crippen molar-refractivity contribution in [3.63, 3.8) is 0 Å². The summed E-state index contributed by atoms with van der Waals surface area (Å²) in [4.78, 5) is 32.1. The van der Waals surface area contributed by atoms with E-state index in [-0.39, 0.29) is 36.3 Å². The number of rotatable bonds is 8. The van der Waals surface area contributed by atoms with Gasteiger partial charge in [0.1, 0.15) is 12.4 Å². The molecule has 2 aromatic carbocycles. The van der Waals surface area contributed by atoms with Crippen molar-refractivity contribution in [3.8, 4) is 0 Å². The van der Waals surface area contributed by atoms with E-state index in [4.69, 9.17) is 4.74 Å². The molecule has 0 aliphatic carbocycles. The molecule has 8 nitrogen and oxygen atoms in total. The summed E-state index contributed by atoms with van der Waals surface area (Å²) in [6, 6.07) is 9.61. The van der Waals surface area contributed by atoms with Gasteiger partial charge < -0.3 is 24.6 Å². The minimum absolute atomic E-state index is 0.104. The van der Waals surface area contributed by atoms with E-state index in [9.17, 15) is 19.1 Å². The lowest BCUT2D eigenvalue weighted by Crippen LogP contribution is -2.41. The Morgan fingerprint density at radius 1 is 1.23 bits per heavy atom. The number of carbonyl (C=O) groups is 2. The lowest BCUT2D eigenvalue weighted by Gasteiger charge is -2.34. The zero-order valence-corrected chi connectivity index (χ0v) is 20.0. The summed E-state index contributed by atoms with van der Waals surface area (Å²) in [5.74, 6) is -0.602. The number of hydrogen-bond acceptors (Lipinski definition) is 5. The van der Waals surface area contributed by atoms with E-state index in [1.54, 1.807) is 35.5 Å². The molecular weight excluding hydrogens is 451 g/mol. The van der Waals surface area contributed by atoms with Crippen LogP contribution in [-0.4, -0.2) is 64.3 Å². The van der Waals surface area contributed by atoms with Crippen LogP contribution in [0.25, 0.3) is 11.0 Å². The third-order valence-electron chi connectivity index (χ3n) is 6.56. The molecule has 9 heteroatoms. The second-order valence-electron chi connectivity index (χ2n) is 8.98. The van der Waals surface area contributed by atoms with Crippen molar-refractivity contribution >= 4 is 28.5 Å². The monoisotopic (exact) mass is 482 g/mol. The number of imidazole rings is 1. The highest BCUT2D eigenvalue weighted by molar-refractivity contribution is 6.07. The number of aliphatic hydroxyl groups is 1. The van der Waals surface area contributed by atoms with Gasteiger partial charge in [0.2, 0.25) is 5.91 Å². The molecule has 1 aliphatic rings. The Morgan fingerprint density at radius 2 is 1.94 bits per heavy atom. The van der Waals surface area contributed by atoms with Gasteiger partial charge in [-0.1, -0.05) is 19.1 Å². The number of aliphatic hydroxyl groups excluding tert-OH is 1. The topological polar surface area (TPSA) is 96.7 Å². The number of carbonyl (C=O) groups excluding carboxylic acids is 2. The normalized spacial score (nSPS) is 15.4. The molecule has 1 aliphatic heterocycles. The lowest BCUT2D eigenvalue weighted by molar-refractivity contribution is -0.119. The van der Waals surface area contributed by atoms with Gasteiger partial charge >= 0.3 is 0 Å². The fourth-order valence-corrected chi connectivity index (χ4v) is 4.67. The average molecular weight is 483 g/mol. The van der Waals surface area contributed by atoms with Crippen molar-refractivity contribution in [2.45, 2.75) is 38.8 Å². The maximum absolute atomic E-state index is 13.7. The second-order valence-corrected chi connectivity index (χ2v) is 8.98. The van der Waals surface area contributed by atoms with Crippen molar-refractivity contribution in [1.82, 2.24) is 14.5 Å². The van der Waals surface area contributed by atoms with Gasteiger partial charge in [-0.2, -0.15) is 0 Å². The molecule has 0 saturated carbocycles. The molecule has 35 heavy (non-hydrogen) atoms. The Labute approximate surface area is 203 Å². The number of anilines is 1. The van der Waals surface area contributed by atoms with Crippen molar-refractivity contribution in [2.24, 2.45) is 5.92 Å². The standard InChI is InChI=1S/C26H31FN4O4/c1-3-23(32)18-8-10-30(11-9-18)26(34)21-12-20(29-24(33)15-35-2)13-22-25(21)31(16-28-22)14-17-4-6-19(27)7-5-17/h4-7,12-13,16,18,23,32H,3,8-11,14-15H2,1-2H3,(H,29,33)/t23-/m0/s1. The molecule has 1 fully saturated rings. The molecule has 1 aromatic heterocycles. The Kier molecular flexibility index (Phi) is 7.77. The first-order valence-corrected chi connectivity index (χ1v) is 11.9. The van der Waals surface area contributed by atoms with E-state index in [1.807, 2.05) is 11.5 Å². The first-order valence-electron chi connectivity index (χ1n) is 11.9. The first kappa shape index (κ1) is 24.8. The Hall–Kier alpha value is -3.30. The minimum atomic E-state index is -0.351. The molecule has 2 heterocycles. The summed E-state index contributed by atoms with van der Waals surface area (Å²) in [5.41, 5.74) is 2.99. The van der Waals surface area contributed by atoms with Gasteiger partial charge in [0.05, 0.1) is 29.0 Å². The van der Waals surface area contributed by atoms with Crippen molar-refractivity contribution < 1.29 is 23.8 Å². The van der Waals surface area contributed by atoms with Crippen molar-refractivity contribution in [3.05, 3.63) is 59.7 Å². The van der Waals surface area contributed by atoms with Crippen LogP contribution in [0, 0.1) is 11.7 Å². The summed E-state index contributed by atoms with van der Waals surface area (Å²) in [6.45, 7) is 3.37. The third kappa shape index (κ3) is 5.68. The number of aromatic nitrogens is 2. The maximum Gasteiger partial charge on any atom is 0.256 e. The molecule has 1 saturated heterocycles. The van der Waals surface area contributed by atoms with Crippen LogP contribution in [0.2, 0.25) is 0 Å². The van der Waals surface area contributed by atoms with E-state index < -0.39 is 0 Å². The number of ether oxygens (including phenoxy) is 1. The summed E-state index contributed by atoms with van der Waals surface area (Å²) < 4.78 is 20.1. The lowest BCUT2D eigenvalue weighted by atomic mass is 9.89. The fraction of sp³-hybridized carbons (Fsp3) is 0.423. The number of likely N-dealkylation sites (tertiary alicyclic amines) is 1. The van der Waals surface area contributed by atoms with Crippen LogP contribution in [0.5, 0.6) is 0 Å². The zero-order valence-electron chi connectivity index (χ0n) is 20.0. The highest BCUT2D eigenvalue weighted by atomic mass is 19.1. The summed E-state index contributed by atoms with van der Waals surface area (Å²) in [6.07, 6.45) is 3.47. The number of hydrogen-bond donors (Lipinski definition) is 2. The maximum atomic E-state index is 13.7. The highest BCUT2D eigenvalue weighted by Crippen LogP contribution is 2.28. The van der Waals surface area contributed by atoms with Gasteiger partial charge in [-0.25, -0.2) is 9.37 Å². The van der Waals surface area contributed by atoms with Crippen molar-refractivity contribution in [2.75, 3.05) is 32.1 Å². The first-order chi connectivity index (χ1) is 16.9. The number of amides is 2. The molecule has 2 N–H and O–H groups in total. The van der Waals surface area contributed by atoms with E-state index in [0.29, 0.717) is 48.3 Å². The quantitative estimate of drug-likeness (QED) is 0.513. The van der Waals surface area contributed by atoms with Crippen LogP contribution in [0.15, 0.2) is 42.7 Å². The summed E-state index contributed by atoms with van der Waals surface area (Å²) >= 11 is 0. The van der Waals surface area contributed by atoms with Crippen LogP contribution in [0.1, 0.15) is 42.1 Å². The summed E-state index contributed by atoms with van der Waals surface area (Å²) in [5, 5.41) is 13.0. The average Bonchev–Trinajstić information content (AvgIpc) is 3.26. The number of piperidine rings is 1. The molecule has 0 spiro atoms. The largest absolute Gasteiger partial charge is 0.393 e. The minimum Gasteiger partial charge on any atom is -0.393 e. The number of benzene rings is 2. The van der Waals surface area contributed by atoms with E-state index in [2.05, 4.69) is 10.3 Å². The SMILES string of the molecule is CC[C@H](O)C1CCN(C(=O)c2cc(NC(=O)COC)cc3ncn(Cc4ccc(F)cc4)c23)CC1. The number of fused-ring (bicyclic) bond motifs is 1. The van der Waals surface area contributed by atoms with Gasteiger partial charge in [-0.05, 0) is 55.0 Å². The van der Waals surface area contributed by atoms with E-state index in [1.165, 1.54) is 19.2 Å². The molecule has 186 valence electrons. The Bertz CT molecular complexity index is 1190. The molecule has 2 amide bonds. The van der Waals surface area contributed by atoms with Crippen LogP contribution in [-0.2, 0) is 16.1 Å². The smallest absolute Gasteiger partial charge is 0.256 e. The van der Waals surface area contributed by atoms with Gasteiger partial charge in [0.15, 0.2) is 0 Å². The molecule has 3 aromatic rings. The van der Waals surface area contributed by atoms with Gasteiger partial charge in [0, 0.05) is 32.4 Å². The fourth-order valence-electron chi connectivity index (χ4n) is 4.67.